The molecule has 3 nitrogen and oxygen atoms in total. The lowest BCUT2D eigenvalue weighted by Gasteiger charge is -1.99. The fraction of sp³-hybridized carbons (Fsp3) is 0.200. The number of halogens is 2. The van der Waals surface area contributed by atoms with Crippen LogP contribution in [0.5, 0.6) is 0 Å². The standard InChI is InChI=1S/C5H5F2N3/c6-5(7)4-3(8)1-9-2-10-4/h1-2,5H,8H2. The Morgan fingerprint density at radius 2 is 2.20 bits per heavy atom. The molecule has 0 saturated carbocycles. The summed E-state index contributed by atoms with van der Waals surface area (Å²) >= 11 is 0. The van der Waals surface area contributed by atoms with Crippen molar-refractivity contribution in [3.05, 3.63) is 18.2 Å². The predicted octanol–water partition coefficient (Wildman–Crippen LogP) is 0.996. The summed E-state index contributed by atoms with van der Waals surface area (Å²) in [6.07, 6.45) is -0.435. The van der Waals surface area contributed by atoms with E-state index in [9.17, 15) is 8.78 Å². The van der Waals surface area contributed by atoms with Gasteiger partial charge in [0.15, 0.2) is 0 Å². The molecule has 10 heavy (non-hydrogen) atoms. The minimum atomic E-state index is -2.62. The fourth-order valence-corrected chi connectivity index (χ4v) is 0.532. The molecular weight excluding hydrogens is 140 g/mol. The van der Waals surface area contributed by atoms with Crippen LogP contribution in [0.2, 0.25) is 0 Å². The first kappa shape index (κ1) is 6.85. The highest BCUT2D eigenvalue weighted by Gasteiger charge is 2.11. The number of nitrogens with zero attached hydrogens (tertiary/aromatic N) is 2. The number of nitrogens with two attached hydrogens (primary N) is 1. The zero-order chi connectivity index (χ0) is 7.56. The number of anilines is 1. The molecule has 0 aliphatic heterocycles. The van der Waals surface area contributed by atoms with E-state index in [0.29, 0.717) is 0 Å². The normalized spacial score (nSPS) is 10.3. The van der Waals surface area contributed by atoms with Gasteiger partial charge in [-0.15, -0.1) is 0 Å². The molecule has 0 amide bonds. The molecule has 1 heterocycles. The Balaban J connectivity index is 3.03. The molecule has 0 saturated heterocycles. The highest BCUT2D eigenvalue weighted by molar-refractivity contribution is 5.39. The molecule has 0 fully saturated rings. The van der Waals surface area contributed by atoms with Gasteiger partial charge in [0.1, 0.15) is 12.0 Å². The number of rotatable bonds is 1. The molecule has 0 aliphatic carbocycles. The van der Waals surface area contributed by atoms with Crippen LogP contribution >= 0.6 is 0 Å². The maximum absolute atomic E-state index is 11.9. The lowest BCUT2D eigenvalue weighted by atomic mass is 10.4. The van der Waals surface area contributed by atoms with Crippen molar-refractivity contribution in [3.8, 4) is 0 Å². The van der Waals surface area contributed by atoms with Crippen molar-refractivity contribution in [1.82, 2.24) is 9.97 Å². The zero-order valence-electron chi connectivity index (χ0n) is 4.96. The van der Waals surface area contributed by atoms with Crippen molar-refractivity contribution in [2.75, 3.05) is 5.73 Å². The van der Waals surface area contributed by atoms with E-state index in [2.05, 4.69) is 9.97 Å². The van der Waals surface area contributed by atoms with Crippen LogP contribution in [0.3, 0.4) is 0 Å². The summed E-state index contributed by atoms with van der Waals surface area (Å²) < 4.78 is 23.7. The average molecular weight is 145 g/mol. The highest BCUT2D eigenvalue weighted by atomic mass is 19.3. The largest absolute Gasteiger partial charge is 0.396 e. The third-order valence-corrected chi connectivity index (χ3v) is 0.980. The SMILES string of the molecule is Nc1cncnc1C(F)F. The van der Waals surface area contributed by atoms with E-state index in [0.717, 1.165) is 12.5 Å². The van der Waals surface area contributed by atoms with E-state index in [1.807, 2.05) is 0 Å². The maximum Gasteiger partial charge on any atom is 0.282 e. The second-order valence-corrected chi connectivity index (χ2v) is 1.66. The number of alkyl halides is 2. The maximum atomic E-state index is 11.9. The van der Waals surface area contributed by atoms with E-state index >= 15 is 0 Å². The van der Waals surface area contributed by atoms with Crippen molar-refractivity contribution in [3.63, 3.8) is 0 Å². The van der Waals surface area contributed by atoms with Gasteiger partial charge in [-0.1, -0.05) is 0 Å². The van der Waals surface area contributed by atoms with Crippen LogP contribution in [0.25, 0.3) is 0 Å². The van der Waals surface area contributed by atoms with Crippen molar-refractivity contribution in [2.24, 2.45) is 0 Å². The number of hydrogen-bond acceptors (Lipinski definition) is 3. The molecule has 0 aliphatic rings. The van der Waals surface area contributed by atoms with Gasteiger partial charge in [-0.2, -0.15) is 0 Å². The highest BCUT2D eigenvalue weighted by Crippen LogP contribution is 2.20. The van der Waals surface area contributed by atoms with Crippen molar-refractivity contribution < 1.29 is 8.78 Å². The molecular formula is C5H5F2N3. The summed E-state index contributed by atoms with van der Waals surface area (Å²) in [6, 6.07) is 0. The zero-order valence-corrected chi connectivity index (χ0v) is 4.96. The van der Waals surface area contributed by atoms with Gasteiger partial charge in [-0.25, -0.2) is 18.7 Å². The molecule has 54 valence electrons. The summed E-state index contributed by atoms with van der Waals surface area (Å²) in [5, 5.41) is 0. The molecule has 0 atom stereocenters. The minimum absolute atomic E-state index is 0.0718. The molecule has 0 aromatic carbocycles. The predicted molar refractivity (Wildman–Crippen MR) is 31.4 cm³/mol. The number of nitrogen functional groups attached to an aromatic ring is 1. The molecule has 2 N–H and O–H groups in total. The Morgan fingerprint density at radius 1 is 1.50 bits per heavy atom. The van der Waals surface area contributed by atoms with Crippen LogP contribution in [0.1, 0.15) is 12.1 Å². The van der Waals surface area contributed by atoms with Crippen LogP contribution in [-0.4, -0.2) is 9.97 Å². The van der Waals surface area contributed by atoms with Crippen molar-refractivity contribution in [1.29, 1.82) is 0 Å². The monoisotopic (exact) mass is 145 g/mol. The van der Waals surface area contributed by atoms with E-state index in [1.54, 1.807) is 0 Å². The Kier molecular flexibility index (Phi) is 1.75. The molecule has 1 rings (SSSR count). The first-order chi connectivity index (χ1) is 4.72. The first-order valence-corrected chi connectivity index (χ1v) is 2.55. The Hall–Kier alpha value is -1.26. The lowest BCUT2D eigenvalue weighted by Crippen LogP contribution is -1.98. The second-order valence-electron chi connectivity index (χ2n) is 1.66. The third-order valence-electron chi connectivity index (χ3n) is 0.980. The summed E-state index contributed by atoms with van der Waals surface area (Å²) in [5.41, 5.74) is 4.64. The summed E-state index contributed by atoms with van der Waals surface area (Å²) in [6.45, 7) is 0. The summed E-state index contributed by atoms with van der Waals surface area (Å²) in [4.78, 5) is 6.75. The lowest BCUT2D eigenvalue weighted by molar-refractivity contribution is 0.147. The molecule has 0 radical (unpaired) electrons. The van der Waals surface area contributed by atoms with Gasteiger partial charge < -0.3 is 5.73 Å². The first-order valence-electron chi connectivity index (χ1n) is 2.55. The molecule has 5 heteroatoms. The topological polar surface area (TPSA) is 51.8 Å². The summed E-state index contributed by atoms with van der Waals surface area (Å²) in [7, 11) is 0. The Morgan fingerprint density at radius 3 is 2.60 bits per heavy atom. The average Bonchev–Trinajstić information content (AvgIpc) is 1.88. The minimum Gasteiger partial charge on any atom is -0.396 e. The quantitative estimate of drug-likeness (QED) is 0.641. The van der Waals surface area contributed by atoms with Gasteiger partial charge in [-0.3, -0.25) is 0 Å². The van der Waals surface area contributed by atoms with E-state index in [1.165, 1.54) is 0 Å². The number of aromatic nitrogens is 2. The summed E-state index contributed by atoms with van der Waals surface area (Å²) in [5.74, 6) is 0. The van der Waals surface area contributed by atoms with Crippen LogP contribution < -0.4 is 5.73 Å². The fourth-order valence-electron chi connectivity index (χ4n) is 0.532. The van der Waals surface area contributed by atoms with Crippen LogP contribution in [0, 0.1) is 0 Å². The van der Waals surface area contributed by atoms with E-state index in [4.69, 9.17) is 5.73 Å². The van der Waals surface area contributed by atoms with Crippen LogP contribution in [0.4, 0.5) is 14.5 Å². The second kappa shape index (κ2) is 2.55. The Labute approximate surface area is 55.9 Å². The van der Waals surface area contributed by atoms with Gasteiger partial charge in [0.25, 0.3) is 6.43 Å². The van der Waals surface area contributed by atoms with Gasteiger partial charge in [0.05, 0.1) is 11.9 Å². The van der Waals surface area contributed by atoms with Crippen molar-refractivity contribution >= 4 is 5.69 Å². The van der Waals surface area contributed by atoms with Gasteiger partial charge >= 0.3 is 0 Å². The van der Waals surface area contributed by atoms with Crippen molar-refractivity contribution in [2.45, 2.75) is 6.43 Å². The van der Waals surface area contributed by atoms with E-state index < -0.39 is 12.1 Å². The smallest absolute Gasteiger partial charge is 0.282 e. The molecule has 0 unspecified atom stereocenters. The molecule has 0 bridgehead atoms. The van der Waals surface area contributed by atoms with E-state index in [-0.39, 0.29) is 5.69 Å². The molecule has 1 aromatic rings. The number of hydrogen-bond donors (Lipinski definition) is 1. The molecule has 0 spiro atoms. The van der Waals surface area contributed by atoms with Gasteiger partial charge in [0, 0.05) is 0 Å². The van der Waals surface area contributed by atoms with Crippen LogP contribution in [0.15, 0.2) is 12.5 Å². The third kappa shape index (κ3) is 1.18. The molecule has 1 aromatic heterocycles. The van der Waals surface area contributed by atoms with Gasteiger partial charge in [0.2, 0.25) is 0 Å². The Bertz CT molecular complexity index is 226. The van der Waals surface area contributed by atoms with Crippen LogP contribution in [-0.2, 0) is 0 Å². The van der Waals surface area contributed by atoms with Gasteiger partial charge in [-0.05, 0) is 0 Å².